The zero-order chi connectivity index (χ0) is 15.0. The second-order valence-corrected chi connectivity index (χ2v) is 7.12. The number of aryl methyl sites for hydroxylation is 1. The summed E-state index contributed by atoms with van der Waals surface area (Å²) in [7, 11) is -3.64. The molecule has 2 rings (SSSR count). The maximum atomic E-state index is 12.5. The summed E-state index contributed by atoms with van der Waals surface area (Å²) in [5, 5.41) is 0.618. The fraction of sp³-hybridized carbons (Fsp3) is 0.357. The van der Waals surface area contributed by atoms with Crippen LogP contribution in [0.3, 0.4) is 0 Å². The first-order chi connectivity index (χ1) is 9.27. The van der Waals surface area contributed by atoms with Crippen LogP contribution in [0.25, 0.3) is 10.9 Å². The summed E-state index contributed by atoms with van der Waals surface area (Å²) >= 11 is 0. The third-order valence-electron chi connectivity index (χ3n) is 3.14. The van der Waals surface area contributed by atoms with E-state index in [1.54, 1.807) is 44.3 Å². The second kappa shape index (κ2) is 6.27. The van der Waals surface area contributed by atoms with Crippen LogP contribution in [0, 0.1) is 6.92 Å². The Bertz CT molecular complexity index is 745. The van der Waals surface area contributed by atoms with E-state index < -0.39 is 15.6 Å². The number of halogens is 1. The fourth-order valence-corrected chi connectivity index (χ4v) is 3.60. The van der Waals surface area contributed by atoms with Gasteiger partial charge in [0.2, 0.25) is 10.0 Å². The minimum atomic E-state index is -3.64. The van der Waals surface area contributed by atoms with Gasteiger partial charge in [-0.05, 0) is 44.5 Å². The van der Waals surface area contributed by atoms with Crippen LogP contribution in [0.2, 0.25) is 0 Å². The van der Waals surface area contributed by atoms with Crippen LogP contribution in [0.1, 0.15) is 19.4 Å². The van der Waals surface area contributed by atoms with Crippen molar-refractivity contribution in [1.29, 1.82) is 0 Å². The summed E-state index contributed by atoms with van der Waals surface area (Å²) in [5.41, 5.74) is 6.53. The number of nitrogens with two attached hydrogens (primary N) is 1. The number of sulfonamides is 1. The highest BCUT2D eigenvalue weighted by atomic mass is 35.5. The summed E-state index contributed by atoms with van der Waals surface area (Å²) in [6.45, 7) is 5.62. The zero-order valence-electron chi connectivity index (χ0n) is 12.3. The van der Waals surface area contributed by atoms with Crippen molar-refractivity contribution in [1.82, 2.24) is 9.71 Å². The first-order valence-corrected chi connectivity index (χ1v) is 7.83. The molecule has 0 spiro atoms. The lowest BCUT2D eigenvalue weighted by Crippen LogP contribution is -2.48. The van der Waals surface area contributed by atoms with Crippen LogP contribution in [0.5, 0.6) is 0 Å². The van der Waals surface area contributed by atoms with E-state index in [1.807, 2.05) is 6.92 Å². The van der Waals surface area contributed by atoms with Crippen LogP contribution >= 0.6 is 12.4 Å². The van der Waals surface area contributed by atoms with Crippen molar-refractivity contribution in [3.8, 4) is 0 Å². The van der Waals surface area contributed by atoms with E-state index in [0.29, 0.717) is 10.9 Å². The van der Waals surface area contributed by atoms with Gasteiger partial charge in [-0.3, -0.25) is 4.98 Å². The normalized spacial score (nSPS) is 12.2. The predicted molar refractivity (Wildman–Crippen MR) is 87.2 cm³/mol. The number of hydrogen-bond acceptors (Lipinski definition) is 4. The zero-order valence-corrected chi connectivity index (χ0v) is 13.9. The SMILES string of the molecule is Cc1ccc(S(=O)(=O)NC(C)(C)CN)c2cccnc12.Cl. The first kappa shape index (κ1) is 17.8. The van der Waals surface area contributed by atoms with E-state index in [0.717, 1.165) is 5.56 Å². The van der Waals surface area contributed by atoms with Crippen molar-refractivity contribution in [2.24, 2.45) is 5.73 Å². The predicted octanol–water partition coefficient (Wildman–Crippen LogP) is 1.98. The molecule has 1 heterocycles. The minimum absolute atomic E-state index is 0. The molecule has 0 aliphatic heterocycles. The molecule has 116 valence electrons. The highest BCUT2D eigenvalue weighted by Crippen LogP contribution is 2.24. The maximum Gasteiger partial charge on any atom is 0.241 e. The quantitative estimate of drug-likeness (QED) is 0.898. The Morgan fingerprint density at radius 1 is 1.29 bits per heavy atom. The Morgan fingerprint density at radius 2 is 1.95 bits per heavy atom. The number of rotatable bonds is 4. The first-order valence-electron chi connectivity index (χ1n) is 6.35. The molecule has 0 unspecified atom stereocenters. The summed E-state index contributed by atoms with van der Waals surface area (Å²) in [6, 6.07) is 6.86. The van der Waals surface area contributed by atoms with E-state index in [4.69, 9.17) is 5.73 Å². The molecule has 1 aromatic carbocycles. The molecule has 0 bridgehead atoms. The lowest BCUT2D eigenvalue weighted by molar-refractivity contribution is 0.463. The molecule has 21 heavy (non-hydrogen) atoms. The molecule has 7 heteroatoms. The van der Waals surface area contributed by atoms with Crippen molar-refractivity contribution < 1.29 is 8.42 Å². The fourth-order valence-electron chi connectivity index (χ4n) is 1.98. The standard InChI is InChI=1S/C14H19N3O2S.ClH/c1-10-6-7-12(11-5-4-8-16-13(10)11)20(18,19)17-14(2,3)9-15;/h4-8,17H,9,15H2,1-3H3;1H. The molecular weight excluding hydrogens is 310 g/mol. The van der Waals surface area contributed by atoms with Gasteiger partial charge < -0.3 is 5.73 Å². The Balaban J connectivity index is 0.00000220. The van der Waals surface area contributed by atoms with Crippen LogP contribution in [-0.2, 0) is 10.0 Å². The van der Waals surface area contributed by atoms with E-state index in [9.17, 15) is 8.42 Å². The van der Waals surface area contributed by atoms with E-state index >= 15 is 0 Å². The molecule has 0 aliphatic rings. The molecule has 0 radical (unpaired) electrons. The molecule has 0 saturated heterocycles. The van der Waals surface area contributed by atoms with Crippen molar-refractivity contribution >= 4 is 33.3 Å². The topological polar surface area (TPSA) is 85.1 Å². The molecular formula is C14H20ClN3O2S. The lowest BCUT2D eigenvalue weighted by atomic mass is 10.1. The van der Waals surface area contributed by atoms with Crippen LogP contribution in [0.4, 0.5) is 0 Å². The summed E-state index contributed by atoms with van der Waals surface area (Å²) in [6.07, 6.45) is 1.66. The molecule has 0 aliphatic carbocycles. The average molecular weight is 330 g/mol. The van der Waals surface area contributed by atoms with Crippen molar-refractivity contribution in [2.45, 2.75) is 31.2 Å². The second-order valence-electron chi connectivity index (χ2n) is 5.47. The minimum Gasteiger partial charge on any atom is -0.329 e. The molecule has 5 nitrogen and oxygen atoms in total. The summed E-state index contributed by atoms with van der Waals surface area (Å²) < 4.78 is 27.7. The van der Waals surface area contributed by atoms with Gasteiger partial charge in [0.1, 0.15) is 0 Å². The highest BCUT2D eigenvalue weighted by Gasteiger charge is 2.26. The Hall–Kier alpha value is -1.21. The van der Waals surface area contributed by atoms with Crippen LogP contribution in [0.15, 0.2) is 35.4 Å². The van der Waals surface area contributed by atoms with Gasteiger partial charge in [-0.1, -0.05) is 6.07 Å². The highest BCUT2D eigenvalue weighted by molar-refractivity contribution is 7.89. The molecule has 1 aromatic heterocycles. The Morgan fingerprint density at radius 3 is 2.57 bits per heavy atom. The van der Waals surface area contributed by atoms with Gasteiger partial charge in [0.15, 0.2) is 0 Å². The van der Waals surface area contributed by atoms with Gasteiger partial charge in [-0.2, -0.15) is 0 Å². The summed E-state index contributed by atoms with van der Waals surface area (Å²) in [5.74, 6) is 0. The molecule has 0 amide bonds. The van der Waals surface area contributed by atoms with Crippen LogP contribution in [-0.4, -0.2) is 25.5 Å². The molecule has 0 atom stereocenters. The van der Waals surface area contributed by atoms with Gasteiger partial charge in [0.25, 0.3) is 0 Å². The van der Waals surface area contributed by atoms with Crippen molar-refractivity contribution in [3.05, 3.63) is 36.0 Å². The third kappa shape index (κ3) is 3.71. The average Bonchev–Trinajstić information content (AvgIpc) is 2.38. The third-order valence-corrected chi connectivity index (χ3v) is 4.90. The maximum absolute atomic E-state index is 12.5. The van der Waals surface area contributed by atoms with Gasteiger partial charge in [0.05, 0.1) is 10.4 Å². The van der Waals surface area contributed by atoms with Crippen molar-refractivity contribution in [2.75, 3.05) is 6.54 Å². The van der Waals surface area contributed by atoms with Crippen LogP contribution < -0.4 is 10.5 Å². The number of pyridine rings is 1. The largest absolute Gasteiger partial charge is 0.329 e. The lowest BCUT2D eigenvalue weighted by Gasteiger charge is -2.24. The van der Waals surface area contributed by atoms with E-state index in [2.05, 4.69) is 9.71 Å². The molecule has 0 fully saturated rings. The molecule has 2 aromatic rings. The number of hydrogen-bond donors (Lipinski definition) is 2. The van der Waals surface area contributed by atoms with Gasteiger partial charge in [-0.25, -0.2) is 13.1 Å². The summed E-state index contributed by atoms with van der Waals surface area (Å²) in [4.78, 5) is 4.48. The Kier molecular flexibility index (Phi) is 5.33. The number of nitrogens with one attached hydrogen (secondary N) is 1. The van der Waals surface area contributed by atoms with E-state index in [-0.39, 0.29) is 23.8 Å². The Labute approximate surface area is 131 Å². The number of fused-ring (bicyclic) bond motifs is 1. The number of nitrogens with zero attached hydrogens (tertiary/aromatic N) is 1. The monoisotopic (exact) mass is 329 g/mol. The molecule has 3 N–H and O–H groups in total. The number of benzene rings is 1. The molecule has 0 saturated carbocycles. The number of aromatic nitrogens is 1. The van der Waals surface area contributed by atoms with Gasteiger partial charge in [-0.15, -0.1) is 12.4 Å². The van der Waals surface area contributed by atoms with Gasteiger partial charge in [0, 0.05) is 23.7 Å². The smallest absolute Gasteiger partial charge is 0.241 e. The van der Waals surface area contributed by atoms with Crippen molar-refractivity contribution in [3.63, 3.8) is 0 Å². The van der Waals surface area contributed by atoms with E-state index in [1.165, 1.54) is 0 Å². The van der Waals surface area contributed by atoms with Gasteiger partial charge >= 0.3 is 0 Å².